The lowest BCUT2D eigenvalue weighted by Crippen LogP contribution is -2.35. The second-order valence-electron chi connectivity index (χ2n) is 4.29. The topological polar surface area (TPSA) is 67.0 Å². The molecule has 0 aliphatic heterocycles. The molecule has 1 unspecified atom stereocenters. The van der Waals surface area contributed by atoms with Crippen molar-refractivity contribution in [3.05, 3.63) is 48.0 Å². The van der Waals surface area contributed by atoms with E-state index in [2.05, 4.69) is 15.5 Å². The largest absolute Gasteiger partial charge is 0.489 e. The van der Waals surface area contributed by atoms with Gasteiger partial charge in [-0.2, -0.15) is 5.10 Å². The molecule has 0 saturated carbocycles. The minimum atomic E-state index is -0.348. The van der Waals surface area contributed by atoms with Crippen molar-refractivity contribution in [3.63, 3.8) is 0 Å². The highest BCUT2D eigenvalue weighted by Gasteiger charge is 2.12. The predicted octanol–water partition coefficient (Wildman–Crippen LogP) is 2.14. The summed E-state index contributed by atoms with van der Waals surface area (Å²) in [6, 6.07) is 7.53. The SMILES string of the molecule is CCC(CNC(=O)c1ccn[nH]1)Oc1cccc(F)c1. The fourth-order valence-corrected chi connectivity index (χ4v) is 1.69. The summed E-state index contributed by atoms with van der Waals surface area (Å²) in [4.78, 5) is 11.7. The van der Waals surface area contributed by atoms with Gasteiger partial charge in [0.15, 0.2) is 0 Å². The third kappa shape index (κ3) is 3.81. The Kier molecular flexibility index (Phi) is 4.70. The van der Waals surface area contributed by atoms with Gasteiger partial charge in [0.25, 0.3) is 5.91 Å². The molecule has 0 saturated heterocycles. The van der Waals surface area contributed by atoms with Gasteiger partial charge in [-0.15, -0.1) is 0 Å². The molecule has 1 aromatic carbocycles. The van der Waals surface area contributed by atoms with Crippen LogP contribution in [-0.4, -0.2) is 28.8 Å². The Hall–Kier alpha value is -2.37. The summed E-state index contributed by atoms with van der Waals surface area (Å²) in [5.74, 6) is -0.143. The van der Waals surface area contributed by atoms with Gasteiger partial charge in [0, 0.05) is 12.3 Å². The summed E-state index contributed by atoms with van der Waals surface area (Å²) < 4.78 is 18.7. The van der Waals surface area contributed by atoms with Gasteiger partial charge in [0.05, 0.1) is 6.54 Å². The number of H-pyrrole nitrogens is 1. The van der Waals surface area contributed by atoms with E-state index >= 15 is 0 Å². The van der Waals surface area contributed by atoms with Gasteiger partial charge in [-0.1, -0.05) is 13.0 Å². The van der Waals surface area contributed by atoms with Crippen molar-refractivity contribution in [2.75, 3.05) is 6.54 Å². The number of aromatic nitrogens is 2. The van der Waals surface area contributed by atoms with Crippen molar-refractivity contribution in [1.29, 1.82) is 0 Å². The second-order valence-corrected chi connectivity index (χ2v) is 4.29. The Bertz CT molecular complexity index is 557. The number of nitrogens with one attached hydrogen (secondary N) is 2. The van der Waals surface area contributed by atoms with Gasteiger partial charge < -0.3 is 10.1 Å². The summed E-state index contributed by atoms with van der Waals surface area (Å²) in [5, 5.41) is 9.03. The van der Waals surface area contributed by atoms with Gasteiger partial charge in [-0.25, -0.2) is 4.39 Å². The zero-order valence-electron chi connectivity index (χ0n) is 11.1. The summed E-state index contributed by atoms with van der Waals surface area (Å²) in [6.07, 6.45) is 1.98. The van der Waals surface area contributed by atoms with E-state index in [1.807, 2.05) is 6.92 Å². The van der Waals surface area contributed by atoms with E-state index in [1.165, 1.54) is 18.3 Å². The quantitative estimate of drug-likeness (QED) is 0.850. The molecule has 0 radical (unpaired) electrons. The molecule has 1 amide bonds. The van der Waals surface area contributed by atoms with Crippen molar-refractivity contribution in [2.24, 2.45) is 0 Å². The van der Waals surface area contributed by atoms with E-state index in [0.717, 1.165) is 0 Å². The highest BCUT2D eigenvalue weighted by atomic mass is 19.1. The first kappa shape index (κ1) is 14.0. The van der Waals surface area contributed by atoms with Crippen LogP contribution in [0.1, 0.15) is 23.8 Å². The smallest absolute Gasteiger partial charge is 0.269 e. The maximum Gasteiger partial charge on any atom is 0.269 e. The van der Waals surface area contributed by atoms with E-state index in [4.69, 9.17) is 4.74 Å². The Morgan fingerprint density at radius 2 is 2.35 bits per heavy atom. The standard InChI is InChI=1S/C14H16FN3O2/c1-2-11(20-12-5-3-4-10(15)8-12)9-16-14(19)13-6-7-17-18-13/h3-8,11H,2,9H2,1H3,(H,16,19)(H,17,18). The Morgan fingerprint density at radius 3 is 3.00 bits per heavy atom. The summed E-state index contributed by atoms with van der Waals surface area (Å²) in [7, 11) is 0. The molecule has 1 heterocycles. The van der Waals surface area contributed by atoms with Crippen molar-refractivity contribution in [1.82, 2.24) is 15.5 Å². The van der Waals surface area contributed by atoms with E-state index in [-0.39, 0.29) is 17.8 Å². The first-order chi connectivity index (χ1) is 9.69. The number of amides is 1. The molecule has 106 valence electrons. The molecule has 0 bridgehead atoms. The average molecular weight is 277 g/mol. The zero-order chi connectivity index (χ0) is 14.4. The normalized spacial score (nSPS) is 11.9. The van der Waals surface area contributed by atoms with Crippen LogP contribution in [0, 0.1) is 5.82 Å². The van der Waals surface area contributed by atoms with Crippen LogP contribution < -0.4 is 10.1 Å². The number of benzene rings is 1. The number of aromatic amines is 1. The van der Waals surface area contributed by atoms with Crippen LogP contribution in [0.25, 0.3) is 0 Å². The first-order valence-corrected chi connectivity index (χ1v) is 6.39. The van der Waals surface area contributed by atoms with Gasteiger partial charge in [0.1, 0.15) is 23.4 Å². The van der Waals surface area contributed by atoms with Crippen LogP contribution in [0.15, 0.2) is 36.5 Å². The summed E-state index contributed by atoms with van der Waals surface area (Å²) in [6.45, 7) is 2.27. The van der Waals surface area contributed by atoms with Crippen LogP contribution in [0.3, 0.4) is 0 Å². The third-order valence-electron chi connectivity index (χ3n) is 2.79. The first-order valence-electron chi connectivity index (χ1n) is 6.39. The maximum atomic E-state index is 13.1. The molecule has 1 atom stereocenters. The Labute approximate surface area is 116 Å². The monoisotopic (exact) mass is 277 g/mol. The molecule has 2 aromatic rings. The van der Waals surface area contributed by atoms with Crippen molar-refractivity contribution < 1.29 is 13.9 Å². The number of hydrogen-bond acceptors (Lipinski definition) is 3. The number of carbonyl (C=O) groups excluding carboxylic acids is 1. The number of rotatable bonds is 6. The van der Waals surface area contributed by atoms with E-state index in [1.54, 1.807) is 18.2 Å². The Balaban J connectivity index is 1.88. The number of carbonyl (C=O) groups is 1. The molecule has 2 rings (SSSR count). The molecule has 20 heavy (non-hydrogen) atoms. The lowest BCUT2D eigenvalue weighted by molar-refractivity contribution is 0.0921. The lowest BCUT2D eigenvalue weighted by Gasteiger charge is -2.18. The molecule has 2 N–H and O–H groups in total. The minimum Gasteiger partial charge on any atom is -0.489 e. The minimum absolute atomic E-state index is 0.219. The van der Waals surface area contributed by atoms with Crippen LogP contribution in [0.5, 0.6) is 5.75 Å². The van der Waals surface area contributed by atoms with Crippen LogP contribution in [0.4, 0.5) is 4.39 Å². The molecule has 0 aliphatic rings. The predicted molar refractivity (Wildman–Crippen MR) is 72.0 cm³/mol. The number of hydrogen-bond donors (Lipinski definition) is 2. The van der Waals surface area contributed by atoms with E-state index in [9.17, 15) is 9.18 Å². The maximum absolute atomic E-state index is 13.1. The lowest BCUT2D eigenvalue weighted by atomic mass is 10.2. The Morgan fingerprint density at radius 1 is 1.50 bits per heavy atom. The highest BCUT2D eigenvalue weighted by molar-refractivity contribution is 5.92. The van der Waals surface area contributed by atoms with Gasteiger partial charge >= 0.3 is 0 Å². The molecule has 0 aliphatic carbocycles. The molecule has 1 aromatic heterocycles. The number of halogens is 1. The van der Waals surface area contributed by atoms with Gasteiger partial charge in [0.2, 0.25) is 0 Å². The molecule has 0 spiro atoms. The molecular formula is C14H16FN3O2. The van der Waals surface area contributed by atoms with Crippen molar-refractivity contribution in [3.8, 4) is 5.75 Å². The average Bonchev–Trinajstić information content (AvgIpc) is 2.97. The fraction of sp³-hybridized carbons (Fsp3) is 0.286. The molecular weight excluding hydrogens is 261 g/mol. The van der Waals surface area contributed by atoms with Crippen LogP contribution >= 0.6 is 0 Å². The van der Waals surface area contributed by atoms with Crippen molar-refractivity contribution >= 4 is 5.91 Å². The van der Waals surface area contributed by atoms with Crippen molar-refractivity contribution in [2.45, 2.75) is 19.4 Å². The van der Waals surface area contributed by atoms with E-state index < -0.39 is 0 Å². The fourth-order valence-electron chi connectivity index (χ4n) is 1.69. The summed E-state index contributed by atoms with van der Waals surface area (Å²) >= 11 is 0. The zero-order valence-corrected chi connectivity index (χ0v) is 11.1. The molecule has 5 nitrogen and oxygen atoms in total. The van der Waals surface area contributed by atoms with Gasteiger partial charge in [-0.3, -0.25) is 9.89 Å². The molecule has 6 heteroatoms. The number of nitrogens with zero attached hydrogens (tertiary/aromatic N) is 1. The van der Waals surface area contributed by atoms with Crippen LogP contribution in [-0.2, 0) is 0 Å². The van der Waals surface area contributed by atoms with Gasteiger partial charge in [-0.05, 0) is 24.6 Å². The van der Waals surface area contributed by atoms with Crippen LogP contribution in [0.2, 0.25) is 0 Å². The summed E-state index contributed by atoms with van der Waals surface area (Å²) in [5.41, 5.74) is 0.394. The second kappa shape index (κ2) is 6.70. The number of ether oxygens (including phenoxy) is 1. The molecule has 0 fully saturated rings. The third-order valence-corrected chi connectivity index (χ3v) is 2.79. The van der Waals surface area contributed by atoms with E-state index in [0.29, 0.717) is 24.4 Å². The highest BCUT2D eigenvalue weighted by Crippen LogP contribution is 2.14.